The van der Waals surface area contributed by atoms with E-state index in [1.165, 1.54) is 12.8 Å². The molecule has 0 radical (unpaired) electrons. The minimum Gasteiger partial charge on any atom is -0.393 e. The molecule has 2 N–H and O–H groups in total. The van der Waals surface area contributed by atoms with Crippen LogP contribution in [0, 0.1) is 17.8 Å². The fourth-order valence-corrected chi connectivity index (χ4v) is 1.82. The van der Waals surface area contributed by atoms with E-state index in [2.05, 4.69) is 17.2 Å². The monoisotopic (exact) mass is 181 g/mol. The van der Waals surface area contributed by atoms with Crippen LogP contribution in [0.5, 0.6) is 0 Å². The van der Waals surface area contributed by atoms with Gasteiger partial charge in [0.25, 0.3) is 0 Å². The van der Waals surface area contributed by atoms with Gasteiger partial charge in [-0.3, -0.25) is 0 Å². The summed E-state index contributed by atoms with van der Waals surface area (Å²) in [6.45, 7) is 3.76. The molecule has 1 rings (SSSR count). The van der Waals surface area contributed by atoms with Crippen molar-refractivity contribution >= 4 is 0 Å². The Kier molecular flexibility index (Phi) is 4.88. The standard InChI is InChI=1S/C11H19NO/c1-2-3-4-8-12-9-10-6-5-7-11(10)13/h10-13H,4-9H2,1H3. The fraction of sp³-hybridized carbons (Fsp3) is 0.818. The molecule has 13 heavy (non-hydrogen) atoms. The molecule has 2 atom stereocenters. The van der Waals surface area contributed by atoms with Gasteiger partial charge in [-0.05, 0) is 25.7 Å². The van der Waals surface area contributed by atoms with Gasteiger partial charge in [0, 0.05) is 19.5 Å². The Morgan fingerprint density at radius 1 is 1.46 bits per heavy atom. The molecule has 0 bridgehead atoms. The summed E-state index contributed by atoms with van der Waals surface area (Å²) >= 11 is 0. The highest BCUT2D eigenvalue weighted by atomic mass is 16.3. The molecule has 2 unspecified atom stereocenters. The molecule has 1 fully saturated rings. The number of hydrogen-bond acceptors (Lipinski definition) is 2. The van der Waals surface area contributed by atoms with Crippen LogP contribution < -0.4 is 5.32 Å². The first-order chi connectivity index (χ1) is 6.34. The van der Waals surface area contributed by atoms with Crippen molar-refractivity contribution in [3.63, 3.8) is 0 Å². The van der Waals surface area contributed by atoms with Gasteiger partial charge in [0.15, 0.2) is 0 Å². The summed E-state index contributed by atoms with van der Waals surface area (Å²) in [6.07, 6.45) is 4.20. The van der Waals surface area contributed by atoms with Crippen molar-refractivity contribution < 1.29 is 5.11 Å². The second kappa shape index (κ2) is 6.01. The van der Waals surface area contributed by atoms with Crippen LogP contribution in [0.25, 0.3) is 0 Å². The van der Waals surface area contributed by atoms with E-state index in [9.17, 15) is 5.11 Å². The first-order valence-electron chi connectivity index (χ1n) is 5.13. The molecule has 2 nitrogen and oxygen atoms in total. The summed E-state index contributed by atoms with van der Waals surface area (Å²) in [5, 5.41) is 12.9. The number of aliphatic hydroxyl groups is 1. The van der Waals surface area contributed by atoms with Crippen LogP contribution in [-0.4, -0.2) is 24.3 Å². The summed E-state index contributed by atoms with van der Waals surface area (Å²) < 4.78 is 0. The molecule has 2 heteroatoms. The zero-order valence-corrected chi connectivity index (χ0v) is 8.34. The predicted molar refractivity (Wildman–Crippen MR) is 54.3 cm³/mol. The molecule has 74 valence electrons. The first-order valence-corrected chi connectivity index (χ1v) is 5.13. The lowest BCUT2D eigenvalue weighted by atomic mass is 10.1. The molecular formula is C11H19NO. The molecule has 0 saturated heterocycles. The lowest BCUT2D eigenvalue weighted by Crippen LogP contribution is -2.28. The van der Waals surface area contributed by atoms with Crippen molar-refractivity contribution in [1.82, 2.24) is 5.32 Å². The number of rotatable bonds is 4. The van der Waals surface area contributed by atoms with Gasteiger partial charge in [0.05, 0.1) is 6.10 Å². The summed E-state index contributed by atoms with van der Waals surface area (Å²) in [4.78, 5) is 0. The molecule has 0 spiro atoms. The zero-order chi connectivity index (χ0) is 9.52. The van der Waals surface area contributed by atoms with Gasteiger partial charge in [-0.15, -0.1) is 11.8 Å². The van der Waals surface area contributed by atoms with Gasteiger partial charge in [-0.2, -0.15) is 0 Å². The highest BCUT2D eigenvalue weighted by Gasteiger charge is 2.24. The normalized spacial score (nSPS) is 26.9. The molecular weight excluding hydrogens is 162 g/mol. The van der Waals surface area contributed by atoms with E-state index in [0.29, 0.717) is 5.92 Å². The topological polar surface area (TPSA) is 32.3 Å². The van der Waals surface area contributed by atoms with Crippen molar-refractivity contribution in [3.8, 4) is 11.8 Å². The number of nitrogens with one attached hydrogen (secondary N) is 1. The van der Waals surface area contributed by atoms with Gasteiger partial charge >= 0.3 is 0 Å². The van der Waals surface area contributed by atoms with E-state index in [1.807, 2.05) is 6.92 Å². The minimum atomic E-state index is -0.0650. The largest absolute Gasteiger partial charge is 0.393 e. The third-order valence-corrected chi connectivity index (χ3v) is 2.63. The third-order valence-electron chi connectivity index (χ3n) is 2.63. The number of aliphatic hydroxyl groups excluding tert-OH is 1. The van der Waals surface area contributed by atoms with Gasteiger partial charge in [0.2, 0.25) is 0 Å². The fourth-order valence-electron chi connectivity index (χ4n) is 1.82. The van der Waals surface area contributed by atoms with Crippen molar-refractivity contribution in [1.29, 1.82) is 0 Å². The summed E-state index contributed by atoms with van der Waals surface area (Å²) in [5.41, 5.74) is 0. The van der Waals surface area contributed by atoms with Crippen molar-refractivity contribution in [2.75, 3.05) is 13.1 Å². The molecule has 0 aromatic carbocycles. The lowest BCUT2D eigenvalue weighted by Gasteiger charge is -2.14. The number of hydrogen-bond donors (Lipinski definition) is 2. The maximum Gasteiger partial charge on any atom is 0.0580 e. The second-order valence-electron chi connectivity index (χ2n) is 3.64. The Morgan fingerprint density at radius 2 is 2.31 bits per heavy atom. The predicted octanol–water partition coefficient (Wildman–Crippen LogP) is 1.15. The van der Waals surface area contributed by atoms with Gasteiger partial charge in [-0.25, -0.2) is 0 Å². The molecule has 0 aromatic rings. The first kappa shape index (κ1) is 10.6. The third kappa shape index (κ3) is 3.80. The van der Waals surface area contributed by atoms with Crippen LogP contribution in [0.2, 0.25) is 0 Å². The molecule has 0 amide bonds. The lowest BCUT2D eigenvalue weighted by molar-refractivity contribution is 0.132. The maximum absolute atomic E-state index is 9.52. The van der Waals surface area contributed by atoms with Crippen LogP contribution in [0.3, 0.4) is 0 Å². The summed E-state index contributed by atoms with van der Waals surface area (Å²) in [5.74, 6) is 6.36. The second-order valence-corrected chi connectivity index (χ2v) is 3.64. The maximum atomic E-state index is 9.52. The highest BCUT2D eigenvalue weighted by molar-refractivity contribution is 4.95. The van der Waals surface area contributed by atoms with Crippen LogP contribution in [0.15, 0.2) is 0 Å². The van der Waals surface area contributed by atoms with Gasteiger partial charge < -0.3 is 10.4 Å². The Labute approximate surface area is 80.7 Å². The van der Waals surface area contributed by atoms with E-state index in [0.717, 1.165) is 25.9 Å². The van der Waals surface area contributed by atoms with Crippen molar-refractivity contribution in [3.05, 3.63) is 0 Å². The molecule has 0 aromatic heterocycles. The summed E-state index contributed by atoms with van der Waals surface area (Å²) in [6, 6.07) is 0. The molecule has 1 aliphatic rings. The van der Waals surface area contributed by atoms with Gasteiger partial charge in [0.1, 0.15) is 0 Å². The quantitative estimate of drug-likeness (QED) is 0.504. The van der Waals surface area contributed by atoms with E-state index < -0.39 is 0 Å². The van der Waals surface area contributed by atoms with Crippen LogP contribution >= 0.6 is 0 Å². The Morgan fingerprint density at radius 3 is 2.92 bits per heavy atom. The van der Waals surface area contributed by atoms with E-state index >= 15 is 0 Å². The molecule has 0 heterocycles. The smallest absolute Gasteiger partial charge is 0.0580 e. The van der Waals surface area contributed by atoms with E-state index in [4.69, 9.17) is 0 Å². The van der Waals surface area contributed by atoms with Gasteiger partial charge in [-0.1, -0.05) is 6.42 Å². The molecule has 0 aliphatic heterocycles. The Hall–Kier alpha value is -0.520. The van der Waals surface area contributed by atoms with E-state index in [1.54, 1.807) is 0 Å². The van der Waals surface area contributed by atoms with E-state index in [-0.39, 0.29) is 6.10 Å². The molecule has 1 aliphatic carbocycles. The highest BCUT2D eigenvalue weighted by Crippen LogP contribution is 2.24. The van der Waals surface area contributed by atoms with Crippen LogP contribution in [0.4, 0.5) is 0 Å². The average Bonchev–Trinajstić information content (AvgIpc) is 2.52. The Balaban J connectivity index is 2.01. The average molecular weight is 181 g/mol. The molecule has 1 saturated carbocycles. The van der Waals surface area contributed by atoms with Crippen molar-refractivity contribution in [2.45, 2.75) is 38.7 Å². The zero-order valence-electron chi connectivity index (χ0n) is 8.34. The SMILES string of the molecule is CC#CCCNCC1CCCC1O. The van der Waals surface area contributed by atoms with Crippen LogP contribution in [-0.2, 0) is 0 Å². The Bertz CT molecular complexity index is 192. The minimum absolute atomic E-state index is 0.0650. The van der Waals surface area contributed by atoms with Crippen LogP contribution in [0.1, 0.15) is 32.6 Å². The van der Waals surface area contributed by atoms with Crippen molar-refractivity contribution in [2.24, 2.45) is 5.92 Å². The summed E-state index contributed by atoms with van der Waals surface area (Å²) in [7, 11) is 0.